The van der Waals surface area contributed by atoms with Crippen LogP contribution in [-0.4, -0.2) is 107 Å². The summed E-state index contributed by atoms with van der Waals surface area (Å²) in [7, 11) is 5.00. The smallest absolute Gasteiger partial charge is 0.266 e. The number of hydrogen-bond acceptors (Lipinski definition) is 11. The van der Waals surface area contributed by atoms with Crippen LogP contribution >= 0.6 is 0 Å². The maximum Gasteiger partial charge on any atom is 0.266 e. The summed E-state index contributed by atoms with van der Waals surface area (Å²) in [4.78, 5) is 85.4. The molecule has 1 unspecified atom stereocenters. The summed E-state index contributed by atoms with van der Waals surface area (Å²) in [5.41, 5.74) is 2.90. The van der Waals surface area contributed by atoms with Crippen molar-refractivity contribution < 1.29 is 38.2 Å². The van der Waals surface area contributed by atoms with Crippen molar-refractivity contribution in [3.05, 3.63) is 82.0 Å². The molecule has 1 atom stereocenters. The zero-order valence-corrected chi connectivity index (χ0v) is 31.5. The number of hydrogen-bond donors (Lipinski definition) is 1. The van der Waals surface area contributed by atoms with Crippen molar-refractivity contribution in [3.63, 3.8) is 0 Å². The molecular formula is C41H42N6O9. The number of fused-ring (bicyclic) bond motifs is 2. The van der Waals surface area contributed by atoms with E-state index >= 15 is 0 Å². The average molecular weight is 763 g/mol. The van der Waals surface area contributed by atoms with E-state index in [4.69, 9.17) is 14.2 Å². The van der Waals surface area contributed by atoms with Crippen LogP contribution in [0.4, 0.5) is 0 Å². The monoisotopic (exact) mass is 762 g/mol. The number of nitrogens with one attached hydrogen (secondary N) is 1. The number of amides is 5. The maximum atomic E-state index is 13.3. The molecule has 4 aromatic rings. The van der Waals surface area contributed by atoms with Crippen molar-refractivity contribution in [2.75, 3.05) is 47.0 Å². The molecule has 0 bridgehead atoms. The van der Waals surface area contributed by atoms with Crippen LogP contribution in [0.25, 0.3) is 21.9 Å². The number of likely N-dealkylation sites (tertiary alicyclic amines) is 2. The Hall–Kier alpha value is -6.09. The van der Waals surface area contributed by atoms with Gasteiger partial charge in [-0.2, -0.15) is 0 Å². The summed E-state index contributed by atoms with van der Waals surface area (Å²) in [5.74, 6) is -0.571. The summed E-state index contributed by atoms with van der Waals surface area (Å²) in [6.45, 7) is 3.98. The summed E-state index contributed by atoms with van der Waals surface area (Å²) in [6, 6.07) is 9.51. The Kier molecular flexibility index (Phi) is 9.56. The number of nitrogens with zero attached hydrogens (tertiary/aromatic N) is 5. The molecule has 15 heteroatoms. The molecule has 56 heavy (non-hydrogen) atoms. The van der Waals surface area contributed by atoms with Crippen LogP contribution in [-0.2, 0) is 28.0 Å². The van der Waals surface area contributed by atoms with E-state index in [-0.39, 0.29) is 53.2 Å². The molecule has 3 fully saturated rings. The highest BCUT2D eigenvalue weighted by molar-refractivity contribution is 6.24. The van der Waals surface area contributed by atoms with Crippen molar-refractivity contribution in [3.8, 4) is 28.4 Å². The topological polar surface area (TPSA) is 170 Å². The normalized spacial score (nSPS) is 18.8. The van der Waals surface area contributed by atoms with Crippen LogP contribution in [0.3, 0.4) is 0 Å². The van der Waals surface area contributed by atoms with Crippen LogP contribution in [0.1, 0.15) is 58.4 Å². The third-order valence-corrected chi connectivity index (χ3v) is 11.3. The Labute approximate surface area is 322 Å². The molecule has 4 aliphatic rings. The second kappa shape index (κ2) is 14.5. The van der Waals surface area contributed by atoms with Crippen LogP contribution < -0.4 is 25.1 Å². The molecule has 2 aromatic carbocycles. The van der Waals surface area contributed by atoms with Gasteiger partial charge in [-0.1, -0.05) is 6.07 Å². The molecule has 15 nitrogen and oxygen atoms in total. The van der Waals surface area contributed by atoms with Gasteiger partial charge in [-0.3, -0.25) is 48.9 Å². The van der Waals surface area contributed by atoms with Crippen molar-refractivity contribution in [1.29, 1.82) is 0 Å². The van der Waals surface area contributed by atoms with Gasteiger partial charge >= 0.3 is 0 Å². The molecule has 5 amide bonds. The lowest BCUT2D eigenvalue weighted by Crippen LogP contribution is -2.72. The average Bonchev–Trinajstić information content (AvgIpc) is 3.42. The Morgan fingerprint density at radius 3 is 2.38 bits per heavy atom. The zero-order valence-electron chi connectivity index (χ0n) is 31.5. The summed E-state index contributed by atoms with van der Waals surface area (Å²) < 4.78 is 19.2. The number of pyridine rings is 2. The minimum Gasteiger partial charge on any atom is -0.496 e. The van der Waals surface area contributed by atoms with Crippen LogP contribution in [0.15, 0.2) is 59.8 Å². The van der Waals surface area contributed by atoms with E-state index in [9.17, 15) is 28.8 Å². The molecule has 290 valence electrons. The van der Waals surface area contributed by atoms with Gasteiger partial charge in [0.15, 0.2) is 0 Å². The molecular weight excluding hydrogens is 720 g/mol. The van der Waals surface area contributed by atoms with Crippen molar-refractivity contribution in [1.82, 2.24) is 29.6 Å². The van der Waals surface area contributed by atoms with Gasteiger partial charge in [0.2, 0.25) is 17.7 Å². The van der Waals surface area contributed by atoms with Gasteiger partial charge in [0.25, 0.3) is 17.4 Å². The van der Waals surface area contributed by atoms with Crippen molar-refractivity contribution in [2.24, 2.45) is 12.5 Å². The van der Waals surface area contributed by atoms with E-state index in [0.717, 1.165) is 40.1 Å². The Morgan fingerprint density at radius 2 is 1.66 bits per heavy atom. The van der Waals surface area contributed by atoms with Crippen molar-refractivity contribution >= 4 is 40.3 Å². The predicted octanol–water partition coefficient (Wildman–Crippen LogP) is 2.91. The lowest BCUT2D eigenvalue weighted by Gasteiger charge is -2.60. The fourth-order valence-corrected chi connectivity index (χ4v) is 8.54. The number of carbonyl (C=O) groups is 5. The summed E-state index contributed by atoms with van der Waals surface area (Å²) in [6.07, 6.45) is 6.74. The highest BCUT2D eigenvalue weighted by Crippen LogP contribution is 2.44. The van der Waals surface area contributed by atoms with Crippen LogP contribution in [0.2, 0.25) is 0 Å². The van der Waals surface area contributed by atoms with Gasteiger partial charge in [-0.15, -0.1) is 0 Å². The lowest BCUT2D eigenvalue weighted by molar-refractivity contribution is -0.160. The fourth-order valence-electron chi connectivity index (χ4n) is 8.54. The number of carbonyl (C=O) groups excluding carboxylic acids is 5. The van der Waals surface area contributed by atoms with Gasteiger partial charge in [-0.25, -0.2) is 0 Å². The molecule has 2 aromatic heterocycles. The molecule has 3 saturated heterocycles. The number of methoxy groups -OCH3 is 2. The number of rotatable bonds is 12. The molecule has 0 aliphatic carbocycles. The molecule has 6 heterocycles. The highest BCUT2D eigenvalue weighted by atomic mass is 16.5. The highest BCUT2D eigenvalue weighted by Gasteiger charge is 2.53. The van der Waals surface area contributed by atoms with Gasteiger partial charge in [-0.05, 0) is 60.5 Å². The number of imide groups is 2. The lowest BCUT2D eigenvalue weighted by atomic mass is 9.72. The molecule has 4 aliphatic heterocycles. The first-order valence-electron chi connectivity index (χ1n) is 18.7. The van der Waals surface area contributed by atoms with E-state index in [0.29, 0.717) is 55.8 Å². The SMILES string of the molecule is COc1cc(-c2cn(C)c(=O)c3cnccc23)cc(OC)c1CN1CC2(C1)CN(C(=O)CCCCOc1cccc3c1C(=O)N(C1CCC(=O)NC1=O)C3=O)C2. The summed E-state index contributed by atoms with van der Waals surface area (Å²) >= 11 is 0. The van der Waals surface area contributed by atoms with Crippen molar-refractivity contribution in [2.45, 2.75) is 44.7 Å². The third-order valence-electron chi connectivity index (χ3n) is 11.3. The van der Waals surface area contributed by atoms with E-state index in [1.807, 2.05) is 29.3 Å². The first-order chi connectivity index (χ1) is 27.0. The maximum absolute atomic E-state index is 13.3. The van der Waals surface area contributed by atoms with E-state index in [2.05, 4.69) is 15.2 Å². The number of aromatic nitrogens is 2. The third kappa shape index (κ3) is 6.44. The predicted molar refractivity (Wildman–Crippen MR) is 202 cm³/mol. The van der Waals surface area contributed by atoms with Gasteiger partial charge < -0.3 is 23.7 Å². The second-order valence-electron chi connectivity index (χ2n) is 15.1. The number of unbranched alkanes of at least 4 members (excludes halogenated alkanes) is 1. The minimum atomic E-state index is -1.05. The number of ether oxygens (including phenoxy) is 3. The quantitative estimate of drug-likeness (QED) is 0.166. The first kappa shape index (κ1) is 36.9. The first-order valence-corrected chi connectivity index (χ1v) is 18.7. The Morgan fingerprint density at radius 1 is 0.911 bits per heavy atom. The molecule has 0 saturated carbocycles. The minimum absolute atomic E-state index is 0.0442. The Bertz CT molecular complexity index is 2330. The number of benzene rings is 2. The van der Waals surface area contributed by atoms with Crippen LogP contribution in [0, 0.1) is 5.41 Å². The standard InChI is InChI=1S/C41H42N6O9/c1-44-18-28(25-12-13-42-17-27(25)38(44)51)24-15-32(54-2)29(33(16-24)55-3)19-45-20-41(21-45)22-46(23-41)35(49)9-4-5-14-56-31-8-6-7-26-36(31)40(53)47(39(26)52)30-10-11-34(48)43-37(30)50/h6-8,12-13,15-18,30H,4-5,9-11,14,19-23H2,1-3H3,(H,43,48,50). The molecule has 1 spiro atoms. The summed E-state index contributed by atoms with van der Waals surface area (Å²) in [5, 5.41) is 3.54. The van der Waals surface area contributed by atoms with E-state index < -0.39 is 29.7 Å². The van der Waals surface area contributed by atoms with Gasteiger partial charge in [0.1, 0.15) is 23.3 Å². The largest absolute Gasteiger partial charge is 0.496 e. The Balaban J connectivity index is 0.814. The molecule has 8 rings (SSSR count). The number of aryl methyl sites for hydroxylation is 1. The van der Waals surface area contributed by atoms with Gasteiger partial charge in [0.05, 0.1) is 42.9 Å². The van der Waals surface area contributed by atoms with E-state index in [1.165, 1.54) is 6.07 Å². The molecule has 0 radical (unpaired) electrons. The second-order valence-corrected chi connectivity index (χ2v) is 15.1. The molecule has 1 N–H and O–H groups in total. The van der Waals surface area contributed by atoms with E-state index in [1.54, 1.807) is 50.4 Å². The zero-order chi connectivity index (χ0) is 39.3. The number of piperidine rings is 1. The van der Waals surface area contributed by atoms with Crippen LogP contribution in [0.5, 0.6) is 17.2 Å². The fraction of sp³-hybridized carbons (Fsp3) is 0.390. The van der Waals surface area contributed by atoms with Gasteiger partial charge in [0, 0.05) is 82.2 Å².